The van der Waals surface area contributed by atoms with Crippen LogP contribution in [0.4, 0.5) is 5.69 Å². The lowest BCUT2D eigenvalue weighted by Crippen LogP contribution is -2.51. The summed E-state index contributed by atoms with van der Waals surface area (Å²) in [5.74, 6) is -0.899. The van der Waals surface area contributed by atoms with Crippen LogP contribution < -0.4 is 4.90 Å². The number of fused-ring (bicyclic) bond motifs is 1. The van der Waals surface area contributed by atoms with Crippen LogP contribution in [0.25, 0.3) is 20.8 Å². The zero-order valence-corrected chi connectivity index (χ0v) is 25.1. The van der Waals surface area contributed by atoms with Gasteiger partial charge < -0.3 is 0 Å². The molecule has 6 rings (SSSR count). The summed E-state index contributed by atoms with van der Waals surface area (Å²) < 4.78 is 31.1. The largest absolute Gasteiger partial charge is 0.274 e. The van der Waals surface area contributed by atoms with Crippen LogP contribution in [-0.4, -0.2) is 41.6 Å². The lowest BCUT2D eigenvalue weighted by atomic mass is 9.94. The number of imide groups is 1. The molecule has 206 valence electrons. The number of amides is 2. The summed E-state index contributed by atoms with van der Waals surface area (Å²) in [4.78, 5) is 33.1. The maximum atomic E-state index is 13.9. The Hall–Kier alpha value is -2.92. The molecule has 1 aliphatic carbocycles. The van der Waals surface area contributed by atoms with Crippen molar-refractivity contribution in [3.63, 3.8) is 0 Å². The number of aromatic nitrogens is 1. The lowest BCUT2D eigenvalue weighted by Gasteiger charge is -2.36. The molecule has 2 amide bonds. The number of rotatable bonds is 6. The van der Waals surface area contributed by atoms with Crippen LogP contribution in [0.1, 0.15) is 44.1 Å². The van der Waals surface area contributed by atoms with E-state index in [-0.39, 0.29) is 17.4 Å². The fraction of sp³-hybridized carbons (Fsp3) is 0.300. The third-order valence-electron chi connectivity index (χ3n) is 7.67. The highest BCUT2D eigenvalue weighted by Gasteiger charge is 2.49. The fourth-order valence-electron chi connectivity index (χ4n) is 5.68. The van der Waals surface area contributed by atoms with Crippen LogP contribution in [0, 0.1) is 6.92 Å². The highest BCUT2D eigenvalue weighted by atomic mass is 79.9. The van der Waals surface area contributed by atoms with Crippen LogP contribution in [0.3, 0.4) is 0 Å². The first-order valence-corrected chi connectivity index (χ1v) is 16.4. The van der Waals surface area contributed by atoms with Crippen molar-refractivity contribution in [3.8, 4) is 10.6 Å². The van der Waals surface area contributed by atoms with E-state index in [0.29, 0.717) is 18.5 Å². The number of carbonyl (C=O) groups excluding carboxylic acids is 2. The molecule has 2 aliphatic rings. The van der Waals surface area contributed by atoms with Crippen molar-refractivity contribution in [2.75, 3.05) is 4.90 Å². The summed E-state index contributed by atoms with van der Waals surface area (Å²) in [6.07, 6.45) is 3.98. The first-order valence-electron chi connectivity index (χ1n) is 13.4. The molecule has 0 spiro atoms. The maximum Gasteiger partial charge on any atom is 0.252 e. The van der Waals surface area contributed by atoms with Crippen LogP contribution in [0.15, 0.2) is 76.1 Å². The van der Waals surface area contributed by atoms with Gasteiger partial charge in [0.15, 0.2) is 0 Å². The van der Waals surface area contributed by atoms with E-state index in [0.717, 1.165) is 49.4 Å². The van der Waals surface area contributed by atoms with Crippen LogP contribution in [0.2, 0.25) is 0 Å². The van der Waals surface area contributed by atoms with Crippen molar-refractivity contribution < 1.29 is 18.0 Å². The zero-order valence-electron chi connectivity index (χ0n) is 21.9. The average Bonchev–Trinajstić information content (AvgIpc) is 3.49. The summed E-state index contributed by atoms with van der Waals surface area (Å²) >= 11 is 4.95. The van der Waals surface area contributed by atoms with Gasteiger partial charge in [-0.1, -0.05) is 41.3 Å². The minimum absolute atomic E-state index is 0.121. The van der Waals surface area contributed by atoms with Crippen molar-refractivity contribution in [2.24, 2.45) is 0 Å². The van der Waals surface area contributed by atoms with E-state index in [2.05, 4.69) is 22.0 Å². The third kappa shape index (κ3) is 5.02. The van der Waals surface area contributed by atoms with Gasteiger partial charge in [-0.05, 0) is 86.0 Å². The molecule has 0 N–H and O–H groups in total. The molecule has 1 atom stereocenters. The van der Waals surface area contributed by atoms with Gasteiger partial charge in [-0.3, -0.25) is 9.59 Å². The van der Waals surface area contributed by atoms with E-state index in [9.17, 15) is 18.0 Å². The van der Waals surface area contributed by atoms with Crippen molar-refractivity contribution in [1.82, 2.24) is 9.29 Å². The molecule has 40 heavy (non-hydrogen) atoms. The SMILES string of the molecule is Cc1ccc2nc(-c3ccc(N4C(=O)CC(N(C5CCCCC5)S(=O)(=O)c5ccc(Br)cc5)C4=O)cc3)sc2c1. The Morgan fingerprint density at radius 3 is 2.35 bits per heavy atom. The number of nitrogens with zero attached hydrogens (tertiary/aromatic N) is 3. The Bertz CT molecular complexity index is 1700. The Kier molecular flexibility index (Phi) is 7.37. The Morgan fingerprint density at radius 1 is 0.950 bits per heavy atom. The van der Waals surface area contributed by atoms with Crippen LogP contribution in [0.5, 0.6) is 0 Å². The van der Waals surface area contributed by atoms with Crippen LogP contribution in [-0.2, 0) is 19.6 Å². The minimum atomic E-state index is -4.02. The van der Waals surface area contributed by atoms with E-state index < -0.39 is 27.9 Å². The molecule has 7 nitrogen and oxygen atoms in total. The summed E-state index contributed by atoms with van der Waals surface area (Å²) in [6, 6.07) is 18.3. The molecule has 4 aromatic rings. The lowest BCUT2D eigenvalue weighted by molar-refractivity contribution is -0.122. The molecule has 0 bridgehead atoms. The van der Waals surface area contributed by atoms with Gasteiger partial charge in [-0.2, -0.15) is 4.31 Å². The topological polar surface area (TPSA) is 87.7 Å². The molecule has 1 saturated heterocycles. The van der Waals surface area contributed by atoms with Crippen molar-refractivity contribution >= 4 is 65.0 Å². The molecule has 1 saturated carbocycles. The second kappa shape index (κ2) is 10.8. The smallest absolute Gasteiger partial charge is 0.252 e. The second-order valence-electron chi connectivity index (χ2n) is 10.4. The number of thiazole rings is 1. The predicted octanol–water partition coefficient (Wildman–Crippen LogP) is 6.69. The molecule has 1 aliphatic heterocycles. The van der Waals surface area contributed by atoms with Gasteiger partial charge in [-0.15, -0.1) is 11.3 Å². The molecular formula is C30H28BrN3O4S2. The average molecular weight is 639 g/mol. The number of halogens is 1. The van der Waals surface area contributed by atoms with Gasteiger partial charge in [0, 0.05) is 16.1 Å². The molecule has 10 heteroatoms. The Morgan fingerprint density at radius 2 is 1.65 bits per heavy atom. The molecule has 0 radical (unpaired) electrons. The van der Waals surface area contributed by atoms with Gasteiger partial charge in [0.1, 0.15) is 11.0 Å². The van der Waals surface area contributed by atoms with E-state index >= 15 is 0 Å². The number of carbonyl (C=O) groups is 2. The van der Waals surface area contributed by atoms with Crippen molar-refractivity contribution in [2.45, 2.75) is 62.4 Å². The van der Waals surface area contributed by atoms with Gasteiger partial charge >= 0.3 is 0 Å². The standard InChI is InChI=1S/C30H28BrN3O4S2/c1-19-7-16-25-27(17-19)39-29(32-25)20-8-12-22(13-9-20)33-28(35)18-26(30(33)36)34(23-5-3-2-4-6-23)40(37,38)24-14-10-21(31)11-15-24/h7-17,23,26H,2-6,18H2,1H3. The third-order valence-corrected chi connectivity index (χ3v) is 11.2. The first kappa shape index (κ1) is 27.3. The number of sulfonamides is 1. The molecule has 2 heterocycles. The van der Waals surface area contributed by atoms with Crippen molar-refractivity contribution in [3.05, 3.63) is 76.8 Å². The van der Waals surface area contributed by atoms with Gasteiger partial charge in [-0.25, -0.2) is 18.3 Å². The Labute approximate surface area is 246 Å². The van der Waals surface area contributed by atoms with E-state index in [4.69, 9.17) is 4.98 Å². The zero-order chi connectivity index (χ0) is 28.0. The highest BCUT2D eigenvalue weighted by molar-refractivity contribution is 9.10. The summed E-state index contributed by atoms with van der Waals surface area (Å²) in [7, 11) is -4.02. The van der Waals surface area contributed by atoms with Gasteiger partial charge in [0.05, 0.1) is 27.2 Å². The quantitative estimate of drug-likeness (QED) is 0.220. The maximum absolute atomic E-state index is 13.9. The number of aryl methyl sites for hydroxylation is 1. The second-order valence-corrected chi connectivity index (χ2v) is 14.2. The monoisotopic (exact) mass is 637 g/mol. The summed E-state index contributed by atoms with van der Waals surface area (Å²) in [6.45, 7) is 2.05. The summed E-state index contributed by atoms with van der Waals surface area (Å²) in [5, 5.41) is 0.855. The molecule has 3 aromatic carbocycles. The molecular weight excluding hydrogens is 610 g/mol. The predicted molar refractivity (Wildman–Crippen MR) is 161 cm³/mol. The normalized spacial score (nSPS) is 18.8. The van der Waals surface area contributed by atoms with E-state index in [1.54, 1.807) is 35.6 Å². The molecule has 1 unspecified atom stereocenters. The van der Waals surface area contributed by atoms with E-state index in [1.807, 2.05) is 31.2 Å². The highest BCUT2D eigenvalue weighted by Crippen LogP contribution is 2.37. The number of anilines is 1. The van der Waals surface area contributed by atoms with Crippen molar-refractivity contribution in [1.29, 1.82) is 0 Å². The minimum Gasteiger partial charge on any atom is -0.274 e. The number of benzene rings is 3. The first-order chi connectivity index (χ1) is 19.2. The van der Waals surface area contributed by atoms with Crippen LogP contribution >= 0.6 is 27.3 Å². The van der Waals surface area contributed by atoms with Gasteiger partial charge in [0.25, 0.3) is 5.91 Å². The van der Waals surface area contributed by atoms with E-state index in [1.165, 1.54) is 22.0 Å². The molecule has 1 aromatic heterocycles. The summed E-state index contributed by atoms with van der Waals surface area (Å²) in [5.41, 5.74) is 3.42. The number of hydrogen-bond acceptors (Lipinski definition) is 6. The van der Waals surface area contributed by atoms with Gasteiger partial charge in [0.2, 0.25) is 15.9 Å². The molecule has 2 fully saturated rings. The number of hydrogen-bond donors (Lipinski definition) is 0. The Balaban J connectivity index is 1.31. The fourth-order valence-corrected chi connectivity index (χ4v) is 8.84.